The van der Waals surface area contributed by atoms with Crippen molar-refractivity contribution in [2.24, 2.45) is 0 Å². The molecule has 0 atom stereocenters. The van der Waals surface area contributed by atoms with Gasteiger partial charge >= 0.3 is 0 Å². The molecular weight excluding hydrogens is 1750 g/mol. The highest BCUT2D eigenvalue weighted by Gasteiger charge is 2.24. The lowest BCUT2D eigenvalue weighted by Crippen LogP contribution is -1.97. The predicted octanol–water partition coefficient (Wildman–Crippen LogP) is 31.3. The Hall–Kier alpha value is -17.9. The van der Waals surface area contributed by atoms with Crippen molar-refractivity contribution >= 4 is 130 Å². The molecule has 0 bridgehead atoms. The van der Waals surface area contributed by atoms with E-state index in [-0.39, 0.29) is 0 Å². The minimum absolute atomic E-state index is 0.660. The van der Waals surface area contributed by atoms with E-state index in [0.29, 0.717) is 11.6 Å². The van der Waals surface area contributed by atoms with Gasteiger partial charge in [0.15, 0.2) is 11.6 Å². The maximum atomic E-state index is 5.10. The molecule has 0 spiro atoms. The van der Waals surface area contributed by atoms with Gasteiger partial charge in [0.05, 0.1) is 67.3 Å². The first kappa shape index (κ1) is 82.1. The van der Waals surface area contributed by atoms with Gasteiger partial charge in [-0.2, -0.15) is 0 Å². The number of pyridine rings is 7. The van der Waals surface area contributed by atoms with Gasteiger partial charge in [0.1, 0.15) is 0 Å². The summed E-state index contributed by atoms with van der Waals surface area (Å²) in [6.07, 6.45) is 21.5. The predicted molar refractivity (Wildman–Crippen MR) is 569 cm³/mol. The van der Waals surface area contributed by atoms with Gasteiger partial charge in [0.2, 0.25) is 0 Å². The van der Waals surface area contributed by atoms with Crippen LogP contribution >= 0.6 is 34.0 Å². The summed E-state index contributed by atoms with van der Waals surface area (Å²) in [6, 6.07) is 137. The highest BCUT2D eigenvalue weighted by molar-refractivity contribution is 7.24. The molecule has 648 valence electrons. The summed E-state index contributed by atoms with van der Waals surface area (Å²) in [7, 11) is 0. The van der Waals surface area contributed by atoms with Gasteiger partial charge < -0.3 is 13.7 Å². The smallest absolute Gasteiger partial charge is 0.160 e. The molecule has 15 heterocycles. The molecule has 0 fully saturated rings. The largest absolute Gasteiger partial charge is 0.309 e. The summed E-state index contributed by atoms with van der Waals surface area (Å²) in [5, 5.41) is 11.5. The SMILES string of the molecule is c1ccc(-c2cc3ccc4c(c5ccccc5n4-c4ccc(-c5cc(-c6ccncc6)cc(-c6ccncc6)n5)cc4)c3s2)cc1.c1ccc(-c2cc3ccc4c(c5ccccc5n4-c4ccc(-c5cc(-c6ccncc6)nc(-c6ccncc6)n5)cc4)c3s2)cc1.c1ccc(-c2cc3ccc4c(c5ccccc5n4-c4ccc(-c5nc(-c6ccncc6)cc(-c6ccncc6)n5)cc4)c3s2)cc1. The maximum Gasteiger partial charge on any atom is 0.160 e. The van der Waals surface area contributed by atoms with Crippen LogP contribution in [0.15, 0.2) is 463 Å². The number of thiophene rings is 3. The van der Waals surface area contributed by atoms with Crippen LogP contribution in [0, 0.1) is 0 Å². The fourth-order valence-corrected chi connectivity index (χ4v) is 22.6. The zero-order chi connectivity index (χ0) is 91.4. The van der Waals surface area contributed by atoms with Gasteiger partial charge in [0, 0.05) is 197 Å². The van der Waals surface area contributed by atoms with Gasteiger partial charge in [-0.05, 0) is 244 Å². The monoisotopic (exact) mass is 1820 g/mol. The summed E-state index contributed by atoms with van der Waals surface area (Å²) in [5.74, 6) is 1.33. The standard InChI is InChI=1S/C41H26N4S.2C40H25N5S/c1-2-6-30(7-3-1)39-26-31-12-15-38-40(41(31)46-39)34-8-4-5-9-37(34)45(38)33-13-10-28(11-14-33)35-24-32(27-16-20-42-21-17-27)25-36(44-35)29-18-22-43-23-19-29;1-2-6-28(7-3-1)37-24-30-12-15-36-38(39(30)46-37)32-8-4-5-9-35(32)45(36)31-13-10-29(11-14-31)40-43-33(26-16-20-41-21-17-26)25-34(44-40)27-18-22-42-23-19-27;1-2-6-28(7-3-1)37-24-30-12-15-36-38(39(30)46-37)32-8-4-5-9-35(32)45(36)31-13-10-26(11-14-31)33-25-34(27-16-20-41-21-17-27)44-40(43-33)29-18-22-42-23-19-29/h1-26H;2*1-25H. The lowest BCUT2D eigenvalue weighted by molar-refractivity contribution is 1.16. The Bertz CT molecular complexity index is 8180. The quantitative estimate of drug-likeness (QED) is 0.0962. The second-order valence-electron chi connectivity index (χ2n) is 33.7. The summed E-state index contributed by atoms with van der Waals surface area (Å²) in [5.41, 5.74) is 29.6. The lowest BCUT2D eigenvalue weighted by atomic mass is 10.0. The average Bonchev–Trinajstić information content (AvgIpc) is 1.58. The van der Waals surface area contributed by atoms with E-state index in [1.165, 1.54) is 127 Å². The van der Waals surface area contributed by atoms with Crippen LogP contribution in [-0.4, -0.2) is 68.5 Å². The van der Waals surface area contributed by atoms with Crippen LogP contribution < -0.4 is 0 Å². The zero-order valence-electron chi connectivity index (χ0n) is 73.9. The number of aromatic nitrogens is 14. The topological polar surface area (TPSA) is 157 Å². The van der Waals surface area contributed by atoms with E-state index in [4.69, 9.17) is 24.9 Å². The van der Waals surface area contributed by atoms with Crippen molar-refractivity contribution in [3.8, 4) is 150 Å². The van der Waals surface area contributed by atoms with Crippen LogP contribution in [0.2, 0.25) is 0 Å². The molecular formula is C121H76N14S3. The molecule has 0 aliphatic rings. The molecule has 15 aromatic heterocycles. The van der Waals surface area contributed by atoms with Gasteiger partial charge in [-0.1, -0.05) is 188 Å². The van der Waals surface area contributed by atoms with Crippen molar-refractivity contribution in [1.82, 2.24) is 68.5 Å². The number of nitrogens with zero attached hydrogens (tertiary/aromatic N) is 14. The van der Waals surface area contributed by atoms with Crippen molar-refractivity contribution < 1.29 is 0 Å². The normalized spacial score (nSPS) is 11.5. The third kappa shape index (κ3) is 15.4. The molecule has 17 heteroatoms. The van der Waals surface area contributed by atoms with Crippen LogP contribution in [0.1, 0.15) is 0 Å². The van der Waals surface area contributed by atoms with Gasteiger partial charge in [-0.25, -0.2) is 24.9 Å². The molecule has 0 aliphatic carbocycles. The molecule has 0 amide bonds. The average molecular weight is 1820 g/mol. The minimum atomic E-state index is 0.660. The summed E-state index contributed by atoms with van der Waals surface area (Å²) < 4.78 is 11.1. The van der Waals surface area contributed by atoms with Crippen molar-refractivity contribution in [2.45, 2.75) is 0 Å². The van der Waals surface area contributed by atoms with Crippen molar-refractivity contribution in [2.75, 3.05) is 0 Å². The fraction of sp³-hybridized carbons (Fsp3) is 0. The van der Waals surface area contributed by atoms with E-state index >= 15 is 0 Å². The molecule has 0 N–H and O–H groups in total. The zero-order valence-corrected chi connectivity index (χ0v) is 76.3. The first-order chi connectivity index (χ1) is 68.4. The number of hydrogen-bond donors (Lipinski definition) is 0. The molecule has 14 nitrogen and oxygen atoms in total. The molecule has 0 radical (unpaired) electrons. The van der Waals surface area contributed by atoms with Crippen LogP contribution in [0.25, 0.3) is 246 Å². The molecule has 0 unspecified atom stereocenters. The van der Waals surface area contributed by atoms with Crippen molar-refractivity contribution in [3.63, 3.8) is 0 Å². The Morgan fingerprint density at radius 3 is 0.717 bits per heavy atom. The van der Waals surface area contributed by atoms with E-state index in [1.54, 1.807) is 49.6 Å². The Morgan fingerprint density at radius 1 is 0.167 bits per heavy atom. The second kappa shape index (κ2) is 35.6. The minimum Gasteiger partial charge on any atom is -0.309 e. The summed E-state index contributed by atoms with van der Waals surface area (Å²) >= 11 is 5.60. The van der Waals surface area contributed by atoms with Gasteiger partial charge in [0.25, 0.3) is 0 Å². The third-order valence-electron chi connectivity index (χ3n) is 25.5. The van der Waals surface area contributed by atoms with E-state index < -0.39 is 0 Å². The second-order valence-corrected chi connectivity index (χ2v) is 36.9. The molecule has 138 heavy (non-hydrogen) atoms. The molecule has 0 saturated heterocycles. The lowest BCUT2D eigenvalue weighted by Gasteiger charge is -2.12. The Balaban J connectivity index is 0.000000110. The Labute approximate surface area is 804 Å². The highest BCUT2D eigenvalue weighted by Crippen LogP contribution is 2.48. The van der Waals surface area contributed by atoms with Crippen molar-refractivity contribution in [1.29, 1.82) is 0 Å². The van der Waals surface area contributed by atoms with Crippen LogP contribution in [0.3, 0.4) is 0 Å². The van der Waals surface area contributed by atoms with Crippen LogP contribution in [-0.2, 0) is 0 Å². The number of benzene rings is 12. The Morgan fingerprint density at radius 2 is 0.413 bits per heavy atom. The summed E-state index contributed by atoms with van der Waals surface area (Å²) in [4.78, 5) is 54.0. The molecule has 27 rings (SSSR count). The third-order valence-corrected chi connectivity index (χ3v) is 29.1. The van der Waals surface area contributed by atoms with Gasteiger partial charge in [-0.3, -0.25) is 29.9 Å². The Kier molecular flexibility index (Phi) is 21.2. The van der Waals surface area contributed by atoms with E-state index in [9.17, 15) is 0 Å². The number of para-hydroxylation sites is 3. The van der Waals surface area contributed by atoms with E-state index in [0.717, 1.165) is 107 Å². The molecule has 27 aromatic rings. The highest BCUT2D eigenvalue weighted by atomic mass is 32.1. The first-order valence-electron chi connectivity index (χ1n) is 45.5. The molecule has 12 aromatic carbocycles. The van der Waals surface area contributed by atoms with Crippen molar-refractivity contribution in [3.05, 3.63) is 463 Å². The molecule has 0 aliphatic heterocycles. The number of rotatable bonds is 15. The summed E-state index contributed by atoms with van der Waals surface area (Å²) in [6.45, 7) is 0. The van der Waals surface area contributed by atoms with Crippen LogP contribution in [0.5, 0.6) is 0 Å². The number of fused-ring (bicyclic) bond motifs is 15. The van der Waals surface area contributed by atoms with E-state index in [2.05, 4.69) is 347 Å². The first-order valence-corrected chi connectivity index (χ1v) is 47.9. The maximum absolute atomic E-state index is 5.10. The molecule has 0 saturated carbocycles. The van der Waals surface area contributed by atoms with Gasteiger partial charge in [-0.15, -0.1) is 34.0 Å². The fourth-order valence-electron chi connectivity index (χ4n) is 18.9. The van der Waals surface area contributed by atoms with E-state index in [1.807, 2.05) is 144 Å². The number of hydrogen-bond acceptors (Lipinski definition) is 14. The van der Waals surface area contributed by atoms with Crippen LogP contribution in [0.4, 0.5) is 0 Å².